The molecule has 2 aromatic carbocycles. The molecule has 0 unspecified atom stereocenters. The summed E-state index contributed by atoms with van der Waals surface area (Å²) in [7, 11) is -1.43. The molecule has 1 amide bonds. The van der Waals surface area contributed by atoms with Gasteiger partial charge in [-0.2, -0.15) is 0 Å². The van der Waals surface area contributed by atoms with E-state index in [1.54, 1.807) is 17.0 Å². The molecule has 160 valence electrons. The molecule has 0 saturated carbocycles. The number of nitrogens with zero attached hydrogens (tertiary/aromatic N) is 5. The minimum Gasteiger partial charge on any atom is -0.355 e. The van der Waals surface area contributed by atoms with E-state index in [4.69, 9.17) is 9.97 Å². The minimum atomic E-state index is -3.37. The van der Waals surface area contributed by atoms with Crippen molar-refractivity contribution in [1.82, 2.24) is 9.97 Å². The summed E-state index contributed by atoms with van der Waals surface area (Å²) >= 11 is 0. The van der Waals surface area contributed by atoms with E-state index >= 15 is 0 Å². The number of anilines is 3. The van der Waals surface area contributed by atoms with Crippen LogP contribution in [0.3, 0.4) is 0 Å². The van der Waals surface area contributed by atoms with E-state index in [9.17, 15) is 13.2 Å². The van der Waals surface area contributed by atoms with Crippen molar-refractivity contribution in [2.75, 3.05) is 40.5 Å². The van der Waals surface area contributed by atoms with Crippen LogP contribution in [0, 0.1) is 0 Å². The van der Waals surface area contributed by atoms with Gasteiger partial charge in [-0.1, -0.05) is 12.1 Å². The van der Waals surface area contributed by atoms with Crippen molar-refractivity contribution in [3.8, 4) is 0 Å². The third-order valence-electron chi connectivity index (χ3n) is 5.89. The SMILES string of the molecule is C[C@@H]1Cc2cc(C(=O)N3CCN(C)c4nc5ccccc5nc43)ccc2N1S(C)(=O)=O. The van der Waals surface area contributed by atoms with Crippen LogP contribution in [0.25, 0.3) is 11.0 Å². The zero-order valence-corrected chi connectivity index (χ0v) is 18.4. The lowest BCUT2D eigenvalue weighted by molar-refractivity contribution is 0.0986. The fraction of sp³-hybridized carbons (Fsp3) is 0.318. The Balaban J connectivity index is 1.55. The molecule has 0 fully saturated rings. The second-order valence-electron chi connectivity index (χ2n) is 8.19. The topological polar surface area (TPSA) is 86.7 Å². The van der Waals surface area contributed by atoms with Crippen LogP contribution in [0.15, 0.2) is 42.5 Å². The second-order valence-corrected chi connectivity index (χ2v) is 10.1. The molecule has 0 saturated heterocycles. The number of fused-ring (bicyclic) bond motifs is 3. The minimum absolute atomic E-state index is 0.160. The van der Waals surface area contributed by atoms with Gasteiger partial charge in [-0.05, 0) is 49.2 Å². The Morgan fingerprint density at radius 1 is 1.03 bits per heavy atom. The average Bonchev–Trinajstić information content (AvgIpc) is 3.07. The molecule has 0 radical (unpaired) electrons. The zero-order valence-electron chi connectivity index (χ0n) is 17.6. The van der Waals surface area contributed by atoms with Gasteiger partial charge in [0.05, 0.1) is 23.0 Å². The molecule has 2 aliphatic heterocycles. The average molecular weight is 438 g/mol. The maximum atomic E-state index is 13.5. The second kappa shape index (κ2) is 6.91. The summed E-state index contributed by atoms with van der Waals surface area (Å²) < 4.78 is 25.8. The van der Waals surface area contributed by atoms with E-state index in [0.717, 1.165) is 16.6 Å². The highest BCUT2D eigenvalue weighted by atomic mass is 32.2. The summed E-state index contributed by atoms with van der Waals surface area (Å²) in [5.41, 5.74) is 3.56. The van der Waals surface area contributed by atoms with Crippen molar-refractivity contribution < 1.29 is 13.2 Å². The summed E-state index contributed by atoms with van der Waals surface area (Å²) in [6.07, 6.45) is 1.79. The molecule has 8 nitrogen and oxygen atoms in total. The Bertz CT molecular complexity index is 1320. The number of carbonyl (C=O) groups excluding carboxylic acids is 1. The molecular weight excluding hydrogens is 414 g/mol. The Morgan fingerprint density at radius 2 is 1.71 bits per heavy atom. The molecule has 1 atom stereocenters. The van der Waals surface area contributed by atoms with Gasteiger partial charge in [0.1, 0.15) is 0 Å². The van der Waals surface area contributed by atoms with Crippen LogP contribution in [0.1, 0.15) is 22.8 Å². The summed E-state index contributed by atoms with van der Waals surface area (Å²) in [5, 5.41) is 0. The van der Waals surface area contributed by atoms with Gasteiger partial charge < -0.3 is 4.90 Å². The fourth-order valence-electron chi connectivity index (χ4n) is 4.48. The lowest BCUT2D eigenvalue weighted by Gasteiger charge is -2.33. The van der Waals surface area contributed by atoms with Crippen molar-refractivity contribution in [3.63, 3.8) is 0 Å². The lowest BCUT2D eigenvalue weighted by Crippen LogP contribution is -2.43. The quantitative estimate of drug-likeness (QED) is 0.612. The molecule has 1 aromatic heterocycles. The molecule has 3 heterocycles. The van der Waals surface area contributed by atoms with Gasteiger partial charge in [-0.15, -0.1) is 0 Å². The normalized spacial score (nSPS) is 18.3. The molecular formula is C22H23N5O3S. The van der Waals surface area contributed by atoms with Crippen molar-refractivity contribution in [1.29, 1.82) is 0 Å². The summed E-state index contributed by atoms with van der Waals surface area (Å²) in [6, 6.07) is 12.7. The van der Waals surface area contributed by atoms with Crippen molar-refractivity contribution in [3.05, 3.63) is 53.6 Å². The summed E-state index contributed by atoms with van der Waals surface area (Å²) in [5.74, 6) is 1.06. The van der Waals surface area contributed by atoms with E-state index in [1.807, 2.05) is 49.2 Å². The van der Waals surface area contributed by atoms with Gasteiger partial charge in [-0.3, -0.25) is 14.0 Å². The molecule has 9 heteroatoms. The molecule has 0 bridgehead atoms. The van der Waals surface area contributed by atoms with E-state index in [2.05, 4.69) is 0 Å². The number of hydrogen-bond acceptors (Lipinski definition) is 6. The first kappa shape index (κ1) is 19.7. The number of likely N-dealkylation sites (N-methyl/N-ethyl adjacent to an activating group) is 1. The Kier molecular flexibility index (Phi) is 4.40. The predicted molar refractivity (Wildman–Crippen MR) is 121 cm³/mol. The van der Waals surface area contributed by atoms with Gasteiger partial charge in [-0.25, -0.2) is 18.4 Å². The summed E-state index contributed by atoms with van der Waals surface area (Å²) in [4.78, 5) is 26.6. The number of benzene rings is 2. The standard InChI is InChI=1S/C22H23N5O3S/c1-14-12-16-13-15(8-9-19(16)27(14)31(3,29)30)22(28)26-11-10-25(2)20-21(26)24-18-7-5-4-6-17(18)23-20/h4-9,13-14H,10-12H2,1-3H3/t14-/m1/s1. The van der Waals surface area contributed by atoms with Gasteiger partial charge in [0.15, 0.2) is 11.6 Å². The molecule has 0 spiro atoms. The fourth-order valence-corrected chi connectivity index (χ4v) is 5.74. The molecule has 0 aliphatic carbocycles. The maximum Gasteiger partial charge on any atom is 0.259 e. The van der Waals surface area contributed by atoms with E-state index < -0.39 is 10.0 Å². The van der Waals surface area contributed by atoms with Crippen LogP contribution in [-0.2, 0) is 16.4 Å². The first-order valence-corrected chi connectivity index (χ1v) is 12.0. The van der Waals surface area contributed by atoms with Crippen molar-refractivity contribution in [2.24, 2.45) is 0 Å². The maximum absolute atomic E-state index is 13.5. The molecule has 0 N–H and O–H groups in total. The largest absolute Gasteiger partial charge is 0.355 e. The number of rotatable bonds is 2. The molecule has 31 heavy (non-hydrogen) atoms. The highest BCUT2D eigenvalue weighted by Gasteiger charge is 2.34. The molecule has 2 aliphatic rings. The lowest BCUT2D eigenvalue weighted by atomic mass is 10.1. The first-order chi connectivity index (χ1) is 14.7. The van der Waals surface area contributed by atoms with Crippen LogP contribution in [-0.4, -0.2) is 56.7 Å². The number of sulfonamides is 1. The third kappa shape index (κ3) is 3.20. The van der Waals surface area contributed by atoms with Gasteiger partial charge in [0, 0.05) is 31.7 Å². The van der Waals surface area contributed by atoms with E-state index in [1.165, 1.54) is 10.6 Å². The highest BCUT2D eigenvalue weighted by Crippen LogP contribution is 2.36. The van der Waals surface area contributed by atoms with Crippen LogP contribution >= 0.6 is 0 Å². The summed E-state index contributed by atoms with van der Waals surface area (Å²) in [6.45, 7) is 3.02. The highest BCUT2D eigenvalue weighted by molar-refractivity contribution is 7.92. The van der Waals surface area contributed by atoms with Crippen LogP contribution in [0.2, 0.25) is 0 Å². The van der Waals surface area contributed by atoms with E-state index in [-0.39, 0.29) is 11.9 Å². The number of amides is 1. The Hall–Kier alpha value is -3.20. The number of carbonyl (C=O) groups is 1. The zero-order chi connectivity index (χ0) is 21.9. The smallest absolute Gasteiger partial charge is 0.259 e. The predicted octanol–water partition coefficient (Wildman–Crippen LogP) is 2.44. The number of hydrogen-bond donors (Lipinski definition) is 0. The van der Waals surface area contributed by atoms with Crippen molar-refractivity contribution in [2.45, 2.75) is 19.4 Å². The Labute approximate surface area is 181 Å². The third-order valence-corrected chi connectivity index (χ3v) is 7.16. The molecule has 3 aromatic rings. The van der Waals surface area contributed by atoms with E-state index in [0.29, 0.717) is 42.4 Å². The number of para-hydroxylation sites is 2. The number of aromatic nitrogens is 2. The van der Waals surface area contributed by atoms with Crippen molar-refractivity contribution >= 4 is 44.3 Å². The van der Waals surface area contributed by atoms with Gasteiger partial charge in [0.25, 0.3) is 5.91 Å². The van der Waals surface area contributed by atoms with Crippen LogP contribution < -0.4 is 14.1 Å². The first-order valence-electron chi connectivity index (χ1n) is 10.2. The molecule has 5 rings (SSSR count). The monoisotopic (exact) mass is 437 g/mol. The van der Waals surface area contributed by atoms with Gasteiger partial charge in [0.2, 0.25) is 10.0 Å². The Morgan fingerprint density at radius 3 is 2.39 bits per heavy atom. The van der Waals surface area contributed by atoms with Crippen LogP contribution in [0.5, 0.6) is 0 Å². The van der Waals surface area contributed by atoms with Crippen LogP contribution in [0.4, 0.5) is 17.3 Å². The van der Waals surface area contributed by atoms with Gasteiger partial charge >= 0.3 is 0 Å².